The van der Waals surface area contributed by atoms with Crippen LogP contribution in [0, 0.1) is 6.92 Å². The zero-order valence-corrected chi connectivity index (χ0v) is 16.1. The standard InChI is InChI=1S/C22H15F3N2OS/c1-13-6-11-18-19(12-13)29-21(27-18)14-7-9-15(10-8-14)26-20(28)16-4-2-3-5-17(16)22(23,24)25/h2-12H,1H3,(H,26,28). The lowest BCUT2D eigenvalue weighted by molar-refractivity contribution is -0.137. The van der Waals surface area contributed by atoms with E-state index >= 15 is 0 Å². The van der Waals surface area contributed by atoms with Gasteiger partial charge in [-0.3, -0.25) is 4.79 Å². The van der Waals surface area contributed by atoms with Gasteiger partial charge in [-0.15, -0.1) is 11.3 Å². The van der Waals surface area contributed by atoms with E-state index in [9.17, 15) is 18.0 Å². The van der Waals surface area contributed by atoms with Crippen LogP contribution in [-0.4, -0.2) is 10.9 Å². The molecule has 4 rings (SSSR count). The summed E-state index contributed by atoms with van der Waals surface area (Å²) in [6.45, 7) is 2.02. The van der Waals surface area contributed by atoms with Crippen LogP contribution in [0.25, 0.3) is 20.8 Å². The van der Waals surface area contributed by atoms with Crippen molar-refractivity contribution in [1.29, 1.82) is 0 Å². The van der Waals surface area contributed by atoms with Crippen LogP contribution in [0.4, 0.5) is 18.9 Å². The van der Waals surface area contributed by atoms with E-state index < -0.39 is 23.2 Å². The fraction of sp³-hybridized carbons (Fsp3) is 0.0909. The van der Waals surface area contributed by atoms with E-state index in [0.717, 1.165) is 38.5 Å². The van der Waals surface area contributed by atoms with Gasteiger partial charge in [0.2, 0.25) is 0 Å². The van der Waals surface area contributed by atoms with Crippen LogP contribution in [-0.2, 0) is 6.18 Å². The number of aryl methyl sites for hydroxylation is 1. The lowest BCUT2D eigenvalue weighted by Crippen LogP contribution is -2.18. The summed E-state index contributed by atoms with van der Waals surface area (Å²) in [5.41, 5.74) is 1.98. The first-order valence-corrected chi connectivity index (χ1v) is 9.58. The minimum Gasteiger partial charge on any atom is -0.322 e. The summed E-state index contributed by atoms with van der Waals surface area (Å²) >= 11 is 1.56. The lowest BCUT2D eigenvalue weighted by atomic mass is 10.1. The molecule has 1 amide bonds. The van der Waals surface area contributed by atoms with Crippen molar-refractivity contribution >= 4 is 33.1 Å². The minimum atomic E-state index is -4.59. The third-order valence-corrected chi connectivity index (χ3v) is 5.48. The Kier molecular flexibility index (Phi) is 4.84. The van der Waals surface area contributed by atoms with E-state index in [0.29, 0.717) is 5.69 Å². The molecular formula is C22H15F3N2OS. The van der Waals surface area contributed by atoms with Gasteiger partial charge in [0.1, 0.15) is 5.01 Å². The van der Waals surface area contributed by atoms with Gasteiger partial charge in [0, 0.05) is 11.3 Å². The number of hydrogen-bond acceptors (Lipinski definition) is 3. The summed E-state index contributed by atoms with van der Waals surface area (Å²) in [6, 6.07) is 17.6. The summed E-state index contributed by atoms with van der Waals surface area (Å²) < 4.78 is 40.4. The monoisotopic (exact) mass is 412 g/mol. The number of carbonyl (C=O) groups is 1. The van der Waals surface area contributed by atoms with Gasteiger partial charge in [-0.05, 0) is 61.0 Å². The van der Waals surface area contributed by atoms with Crippen molar-refractivity contribution < 1.29 is 18.0 Å². The number of rotatable bonds is 3. The molecule has 1 aromatic heterocycles. The summed E-state index contributed by atoms with van der Waals surface area (Å²) in [5, 5.41) is 3.37. The van der Waals surface area contributed by atoms with Crippen molar-refractivity contribution in [1.82, 2.24) is 4.98 Å². The highest BCUT2D eigenvalue weighted by Crippen LogP contribution is 2.33. The van der Waals surface area contributed by atoms with Gasteiger partial charge in [0.05, 0.1) is 21.3 Å². The fourth-order valence-corrected chi connectivity index (χ4v) is 4.05. The van der Waals surface area contributed by atoms with Crippen molar-refractivity contribution in [3.05, 3.63) is 83.4 Å². The molecule has 0 spiro atoms. The van der Waals surface area contributed by atoms with Gasteiger partial charge in [-0.2, -0.15) is 13.2 Å². The molecule has 1 N–H and O–H groups in total. The second-order valence-corrected chi connectivity index (χ2v) is 7.60. The first-order valence-electron chi connectivity index (χ1n) is 8.76. The van der Waals surface area contributed by atoms with Gasteiger partial charge >= 0.3 is 6.18 Å². The number of anilines is 1. The maximum Gasteiger partial charge on any atom is 0.417 e. The van der Waals surface area contributed by atoms with Gasteiger partial charge in [0.15, 0.2) is 0 Å². The number of nitrogens with zero attached hydrogens (tertiary/aromatic N) is 1. The van der Waals surface area contributed by atoms with Crippen LogP contribution in [0.5, 0.6) is 0 Å². The Balaban J connectivity index is 1.56. The molecule has 0 fully saturated rings. The van der Waals surface area contributed by atoms with Crippen LogP contribution >= 0.6 is 11.3 Å². The average molecular weight is 412 g/mol. The molecule has 3 nitrogen and oxygen atoms in total. The Hall–Kier alpha value is -3.19. The van der Waals surface area contributed by atoms with Gasteiger partial charge < -0.3 is 5.32 Å². The number of benzene rings is 3. The van der Waals surface area contributed by atoms with E-state index in [-0.39, 0.29) is 0 Å². The predicted molar refractivity (Wildman–Crippen MR) is 109 cm³/mol. The Morgan fingerprint density at radius 2 is 1.72 bits per heavy atom. The highest BCUT2D eigenvalue weighted by atomic mass is 32.1. The van der Waals surface area contributed by atoms with Crippen molar-refractivity contribution in [2.24, 2.45) is 0 Å². The molecule has 3 aromatic carbocycles. The SMILES string of the molecule is Cc1ccc2nc(-c3ccc(NC(=O)c4ccccc4C(F)(F)F)cc3)sc2c1. The van der Waals surface area contributed by atoms with Crippen LogP contribution < -0.4 is 5.32 Å². The van der Waals surface area contributed by atoms with Crippen molar-refractivity contribution in [2.45, 2.75) is 13.1 Å². The fourth-order valence-electron chi connectivity index (χ4n) is 2.98. The molecule has 4 aromatic rings. The van der Waals surface area contributed by atoms with Gasteiger partial charge in [-0.25, -0.2) is 4.98 Å². The number of nitrogens with one attached hydrogen (secondary N) is 1. The smallest absolute Gasteiger partial charge is 0.322 e. The molecule has 7 heteroatoms. The quantitative estimate of drug-likeness (QED) is 0.415. The van der Waals surface area contributed by atoms with Crippen LogP contribution in [0.15, 0.2) is 66.7 Å². The highest BCUT2D eigenvalue weighted by molar-refractivity contribution is 7.21. The van der Waals surface area contributed by atoms with Gasteiger partial charge in [-0.1, -0.05) is 18.2 Å². The largest absolute Gasteiger partial charge is 0.417 e. The molecule has 29 heavy (non-hydrogen) atoms. The number of hydrogen-bond donors (Lipinski definition) is 1. The van der Waals surface area contributed by atoms with Crippen molar-refractivity contribution in [3.8, 4) is 10.6 Å². The average Bonchev–Trinajstić information content (AvgIpc) is 3.11. The maximum absolute atomic E-state index is 13.1. The van der Waals surface area contributed by atoms with Crippen LogP contribution in [0.3, 0.4) is 0 Å². The molecule has 0 bridgehead atoms. The Bertz CT molecular complexity index is 1200. The van der Waals surface area contributed by atoms with E-state index in [1.165, 1.54) is 12.1 Å². The Morgan fingerprint density at radius 3 is 2.45 bits per heavy atom. The molecular weight excluding hydrogens is 397 g/mol. The summed E-state index contributed by atoms with van der Waals surface area (Å²) in [5.74, 6) is -0.805. The van der Waals surface area contributed by atoms with Crippen LogP contribution in [0.2, 0.25) is 0 Å². The number of halogens is 3. The lowest BCUT2D eigenvalue weighted by Gasteiger charge is -2.12. The molecule has 0 aliphatic heterocycles. The Labute approximate surface area is 168 Å². The number of fused-ring (bicyclic) bond motifs is 1. The maximum atomic E-state index is 13.1. The molecule has 0 unspecified atom stereocenters. The number of alkyl halides is 3. The van der Waals surface area contributed by atoms with Gasteiger partial charge in [0.25, 0.3) is 5.91 Å². The number of aromatic nitrogens is 1. The summed E-state index contributed by atoms with van der Waals surface area (Å²) in [7, 11) is 0. The Morgan fingerprint density at radius 1 is 1.00 bits per heavy atom. The van der Waals surface area contributed by atoms with Crippen molar-refractivity contribution in [2.75, 3.05) is 5.32 Å². The van der Waals surface area contributed by atoms with E-state index in [4.69, 9.17) is 0 Å². The van der Waals surface area contributed by atoms with E-state index in [2.05, 4.69) is 16.4 Å². The molecule has 0 aliphatic carbocycles. The number of thiazole rings is 1. The zero-order valence-electron chi connectivity index (χ0n) is 15.2. The topological polar surface area (TPSA) is 42.0 Å². The normalized spacial score (nSPS) is 11.6. The molecule has 0 aliphatic rings. The first-order chi connectivity index (χ1) is 13.8. The van der Waals surface area contributed by atoms with Crippen LogP contribution in [0.1, 0.15) is 21.5 Å². The molecule has 0 radical (unpaired) electrons. The number of amides is 1. The second-order valence-electron chi connectivity index (χ2n) is 6.57. The number of carbonyl (C=O) groups excluding carboxylic acids is 1. The molecule has 0 atom stereocenters. The zero-order chi connectivity index (χ0) is 20.6. The van der Waals surface area contributed by atoms with E-state index in [1.807, 2.05) is 19.1 Å². The first kappa shape index (κ1) is 19.1. The highest BCUT2D eigenvalue weighted by Gasteiger charge is 2.34. The molecule has 1 heterocycles. The third kappa shape index (κ3) is 4.00. The predicted octanol–water partition coefficient (Wildman–Crippen LogP) is 6.54. The van der Waals surface area contributed by atoms with Crippen molar-refractivity contribution in [3.63, 3.8) is 0 Å². The minimum absolute atomic E-state index is 0.410. The summed E-state index contributed by atoms with van der Waals surface area (Å²) in [6.07, 6.45) is -4.59. The molecule has 0 saturated heterocycles. The molecule has 0 saturated carbocycles. The summed E-state index contributed by atoms with van der Waals surface area (Å²) in [4.78, 5) is 17.0. The molecule has 146 valence electrons. The van der Waals surface area contributed by atoms with E-state index in [1.54, 1.807) is 35.6 Å². The third-order valence-electron chi connectivity index (χ3n) is 4.41. The second kappa shape index (κ2) is 7.33.